The van der Waals surface area contributed by atoms with Gasteiger partial charge in [0.25, 0.3) is 5.91 Å². The minimum Gasteiger partial charge on any atom is -0.360 e. The number of imidazole rings is 1. The molecular weight excluding hydrogens is 390 g/mol. The Morgan fingerprint density at radius 3 is 2.76 bits per heavy atom. The second-order valence-electron chi connectivity index (χ2n) is 7.93. The van der Waals surface area contributed by atoms with Crippen LogP contribution in [0.25, 0.3) is 17.0 Å². The molecule has 0 bridgehead atoms. The van der Waals surface area contributed by atoms with Crippen molar-refractivity contribution in [2.45, 2.75) is 39.3 Å². The van der Waals surface area contributed by atoms with E-state index in [-0.39, 0.29) is 5.69 Å². The van der Waals surface area contributed by atoms with Crippen molar-refractivity contribution in [1.82, 2.24) is 29.2 Å². The van der Waals surface area contributed by atoms with Gasteiger partial charge in [0.05, 0.1) is 11.8 Å². The normalized spacial score (nSPS) is 11.8. The first kappa shape index (κ1) is 20.8. The maximum atomic E-state index is 12.4. The predicted octanol–water partition coefficient (Wildman–Crippen LogP) is 1.77. The summed E-state index contributed by atoms with van der Waals surface area (Å²) in [6.07, 6.45) is 6.77. The van der Waals surface area contributed by atoms with Gasteiger partial charge in [0, 0.05) is 46.3 Å². The fourth-order valence-corrected chi connectivity index (χ4v) is 3.35. The van der Waals surface area contributed by atoms with E-state index in [4.69, 9.17) is 10.6 Å². The Labute approximate surface area is 169 Å². The number of hydrogen-bond acceptors (Lipinski definition) is 7. The fraction of sp³-hybridized carbons (Fsp3) is 0.389. The molecule has 3 aromatic rings. The van der Waals surface area contributed by atoms with Crippen molar-refractivity contribution in [1.29, 1.82) is 0 Å². The van der Waals surface area contributed by atoms with Crippen LogP contribution in [-0.2, 0) is 16.3 Å². The molecule has 154 valence electrons. The maximum absolute atomic E-state index is 12.4. The molecule has 2 N–H and O–H groups in total. The Kier molecular flexibility index (Phi) is 5.91. The van der Waals surface area contributed by atoms with E-state index in [9.17, 15) is 9.59 Å². The van der Waals surface area contributed by atoms with Gasteiger partial charge in [-0.3, -0.25) is 14.0 Å². The number of imide groups is 1. The zero-order chi connectivity index (χ0) is 21.2. The molecule has 0 saturated carbocycles. The zero-order valence-electron chi connectivity index (χ0n) is 17.0. The van der Waals surface area contributed by atoms with Gasteiger partial charge in [0.1, 0.15) is 23.9 Å². The highest BCUT2D eigenvalue weighted by Gasteiger charge is 2.21. The van der Waals surface area contributed by atoms with Crippen molar-refractivity contribution in [3.8, 4) is 11.4 Å². The number of amides is 2. The second-order valence-corrected chi connectivity index (χ2v) is 13.6. The molecular formula is C18H25N7O3Si. The van der Waals surface area contributed by atoms with Crippen LogP contribution in [0.2, 0.25) is 25.7 Å². The van der Waals surface area contributed by atoms with Gasteiger partial charge in [0.15, 0.2) is 0 Å². The van der Waals surface area contributed by atoms with E-state index in [1.54, 1.807) is 33.9 Å². The van der Waals surface area contributed by atoms with Crippen LogP contribution in [0.1, 0.15) is 17.4 Å². The number of nitrogens with two attached hydrogens (primary N) is 1. The van der Waals surface area contributed by atoms with Crippen molar-refractivity contribution in [3.05, 3.63) is 36.5 Å². The number of carbonyl (C=O) groups excluding carboxylic acids is 2. The summed E-state index contributed by atoms with van der Waals surface area (Å²) >= 11 is 0. The van der Waals surface area contributed by atoms with Gasteiger partial charge in [0.2, 0.25) is 5.91 Å². The summed E-state index contributed by atoms with van der Waals surface area (Å²) in [4.78, 5) is 32.5. The predicted molar refractivity (Wildman–Crippen MR) is 109 cm³/mol. The monoisotopic (exact) mass is 415 g/mol. The van der Waals surface area contributed by atoms with Gasteiger partial charge >= 0.3 is 0 Å². The molecule has 3 aromatic heterocycles. The lowest BCUT2D eigenvalue weighted by Gasteiger charge is -2.15. The summed E-state index contributed by atoms with van der Waals surface area (Å²) in [5, 5.41) is 4.84. The number of aromatic nitrogens is 5. The van der Waals surface area contributed by atoms with Crippen molar-refractivity contribution in [3.63, 3.8) is 0 Å². The molecule has 2 amide bonds. The number of ether oxygens (including phenoxy) is 1. The molecule has 0 aliphatic carbocycles. The minimum atomic E-state index is -1.15. The van der Waals surface area contributed by atoms with E-state index < -0.39 is 19.9 Å². The van der Waals surface area contributed by atoms with Crippen LogP contribution in [0.3, 0.4) is 0 Å². The molecule has 0 radical (unpaired) electrons. The number of rotatable bonds is 7. The van der Waals surface area contributed by atoms with E-state index in [1.165, 1.54) is 13.0 Å². The van der Waals surface area contributed by atoms with Gasteiger partial charge in [-0.2, -0.15) is 5.10 Å². The van der Waals surface area contributed by atoms with Crippen molar-refractivity contribution in [2.24, 2.45) is 5.84 Å². The first-order valence-electron chi connectivity index (χ1n) is 9.20. The molecule has 0 unspecified atom stereocenters. The number of carbonyl (C=O) groups is 2. The van der Waals surface area contributed by atoms with Gasteiger partial charge in [-0.05, 0) is 6.04 Å². The Morgan fingerprint density at radius 2 is 2.07 bits per heavy atom. The maximum Gasteiger partial charge on any atom is 0.293 e. The Hall–Kier alpha value is -2.89. The Balaban J connectivity index is 1.84. The van der Waals surface area contributed by atoms with Crippen molar-refractivity contribution < 1.29 is 14.3 Å². The summed E-state index contributed by atoms with van der Waals surface area (Å²) in [5.41, 5.74) is 1.22. The van der Waals surface area contributed by atoms with Crippen LogP contribution < -0.4 is 5.84 Å². The highest BCUT2D eigenvalue weighted by molar-refractivity contribution is 6.76. The summed E-state index contributed by atoms with van der Waals surface area (Å²) in [5.74, 6) is 4.72. The number of hydrazine groups is 1. The fourth-order valence-electron chi connectivity index (χ4n) is 2.59. The highest BCUT2D eigenvalue weighted by atomic mass is 28.3. The van der Waals surface area contributed by atoms with Gasteiger partial charge in [-0.15, -0.1) is 0 Å². The van der Waals surface area contributed by atoms with Crippen LogP contribution >= 0.6 is 0 Å². The van der Waals surface area contributed by atoms with Crippen molar-refractivity contribution in [2.75, 3.05) is 6.61 Å². The van der Waals surface area contributed by atoms with E-state index in [0.717, 1.165) is 6.04 Å². The third-order valence-corrected chi connectivity index (χ3v) is 5.98. The molecule has 0 atom stereocenters. The smallest absolute Gasteiger partial charge is 0.293 e. The molecule has 0 spiro atoms. The van der Waals surface area contributed by atoms with E-state index in [0.29, 0.717) is 35.4 Å². The molecule has 10 nitrogen and oxygen atoms in total. The average Bonchev–Trinajstić information content (AvgIpc) is 3.31. The number of nitrogens with zero attached hydrogens (tertiary/aromatic N) is 6. The summed E-state index contributed by atoms with van der Waals surface area (Å²) in [6, 6.07) is 2.56. The van der Waals surface area contributed by atoms with Gasteiger partial charge < -0.3 is 4.74 Å². The largest absolute Gasteiger partial charge is 0.360 e. The topological polar surface area (TPSA) is 121 Å². The quantitative estimate of drug-likeness (QED) is 0.205. The third-order valence-electron chi connectivity index (χ3n) is 4.28. The standard InChI is InChI=1S/C18H25N7O3Si/c1-13(26)25(19)18(27)15-9-16-20-5-6-24(16)17(22-15)14-10-21-23(11-14)12-28-7-8-29(2,3)4/h5-6,9-11H,7-8,12,19H2,1-4H3. The van der Waals surface area contributed by atoms with Crippen LogP contribution in [0.4, 0.5) is 0 Å². The van der Waals surface area contributed by atoms with Crippen LogP contribution in [-0.4, -0.2) is 55.7 Å². The summed E-state index contributed by atoms with van der Waals surface area (Å²) in [7, 11) is -1.15. The highest BCUT2D eigenvalue weighted by Crippen LogP contribution is 2.20. The molecule has 0 aliphatic heterocycles. The molecule has 3 rings (SSSR count). The Bertz CT molecular complexity index is 1040. The second kappa shape index (κ2) is 8.23. The summed E-state index contributed by atoms with van der Waals surface area (Å²) < 4.78 is 9.12. The lowest BCUT2D eigenvalue weighted by Crippen LogP contribution is -2.41. The lowest BCUT2D eigenvalue weighted by atomic mass is 10.3. The van der Waals surface area contributed by atoms with Crippen LogP contribution in [0.5, 0.6) is 0 Å². The van der Waals surface area contributed by atoms with Crippen LogP contribution in [0, 0.1) is 0 Å². The van der Waals surface area contributed by atoms with Crippen molar-refractivity contribution >= 4 is 25.5 Å². The van der Waals surface area contributed by atoms with E-state index >= 15 is 0 Å². The first-order valence-corrected chi connectivity index (χ1v) is 12.9. The molecule has 0 aliphatic rings. The van der Waals surface area contributed by atoms with E-state index in [2.05, 4.69) is 34.7 Å². The molecule has 29 heavy (non-hydrogen) atoms. The third kappa shape index (κ3) is 4.94. The zero-order valence-corrected chi connectivity index (χ0v) is 18.0. The molecule has 0 saturated heterocycles. The number of fused-ring (bicyclic) bond motifs is 1. The average molecular weight is 416 g/mol. The molecule has 11 heteroatoms. The van der Waals surface area contributed by atoms with E-state index in [1.807, 2.05) is 0 Å². The van der Waals surface area contributed by atoms with Gasteiger partial charge in [-0.25, -0.2) is 25.5 Å². The SMILES string of the molecule is CC(=O)N(N)C(=O)c1cc2nccn2c(-c2cnn(COCC[Si](C)(C)C)c2)n1. The lowest BCUT2D eigenvalue weighted by molar-refractivity contribution is -0.126. The molecule has 0 aromatic carbocycles. The molecule has 3 heterocycles. The van der Waals surface area contributed by atoms with Gasteiger partial charge in [-0.1, -0.05) is 19.6 Å². The Morgan fingerprint density at radius 1 is 1.31 bits per heavy atom. The summed E-state index contributed by atoms with van der Waals surface area (Å²) in [6.45, 7) is 9.13. The minimum absolute atomic E-state index is 0.0236. The molecule has 0 fully saturated rings. The number of hydrogen-bond donors (Lipinski definition) is 1. The van der Waals surface area contributed by atoms with Crippen LogP contribution in [0.15, 0.2) is 30.9 Å². The first-order chi connectivity index (χ1) is 13.7.